The molecule has 0 saturated carbocycles. The number of thioether (sulfide) groups is 1. The first-order valence-corrected chi connectivity index (χ1v) is 5.97. The zero-order chi connectivity index (χ0) is 12.1. The molecule has 0 aliphatic carbocycles. The highest BCUT2D eigenvalue weighted by Crippen LogP contribution is 2.19. The third-order valence-electron chi connectivity index (χ3n) is 2.03. The topological polar surface area (TPSA) is 63.1 Å². The van der Waals surface area contributed by atoms with Crippen molar-refractivity contribution in [2.75, 3.05) is 5.75 Å². The van der Waals surface area contributed by atoms with Gasteiger partial charge in [-0.05, 0) is 6.07 Å². The van der Waals surface area contributed by atoms with Crippen LogP contribution in [0.3, 0.4) is 0 Å². The maximum absolute atomic E-state index is 10.5. The first-order chi connectivity index (χ1) is 8.25. The number of aromatic nitrogens is 2. The summed E-state index contributed by atoms with van der Waals surface area (Å²) >= 11 is 1.12. The van der Waals surface area contributed by atoms with E-state index in [-0.39, 0.29) is 5.75 Å². The fourth-order valence-corrected chi connectivity index (χ4v) is 1.86. The number of hydrogen-bond donors (Lipinski definition) is 1. The molecule has 0 amide bonds. The number of carboxylic acids is 1. The summed E-state index contributed by atoms with van der Waals surface area (Å²) in [5.41, 5.74) is 1.79. The van der Waals surface area contributed by atoms with Gasteiger partial charge in [0.2, 0.25) is 0 Å². The van der Waals surface area contributed by atoms with Crippen LogP contribution in [-0.2, 0) is 4.79 Å². The number of nitrogens with zero attached hydrogens (tertiary/aromatic N) is 2. The highest BCUT2D eigenvalue weighted by Gasteiger charge is 2.04. The molecule has 0 fully saturated rings. The second kappa shape index (κ2) is 5.45. The molecule has 1 N–H and O–H groups in total. The van der Waals surface area contributed by atoms with E-state index in [0.717, 1.165) is 23.0 Å². The summed E-state index contributed by atoms with van der Waals surface area (Å²) in [6.07, 6.45) is 1.64. The van der Waals surface area contributed by atoms with Crippen LogP contribution in [0.2, 0.25) is 0 Å². The second-order valence-corrected chi connectivity index (χ2v) is 4.22. The van der Waals surface area contributed by atoms with Gasteiger partial charge in [-0.3, -0.25) is 4.79 Å². The Morgan fingerprint density at radius 2 is 2.00 bits per heavy atom. The summed E-state index contributed by atoms with van der Waals surface area (Å²) in [7, 11) is 0. The van der Waals surface area contributed by atoms with Crippen LogP contribution in [0.25, 0.3) is 11.3 Å². The van der Waals surface area contributed by atoms with Gasteiger partial charge >= 0.3 is 5.97 Å². The van der Waals surface area contributed by atoms with Gasteiger partial charge in [-0.15, -0.1) is 0 Å². The predicted molar refractivity (Wildman–Crippen MR) is 65.8 cm³/mol. The summed E-state index contributed by atoms with van der Waals surface area (Å²) in [5, 5.41) is 9.07. The minimum absolute atomic E-state index is 0.0295. The number of carboxylic acid groups (broad SMARTS) is 1. The van der Waals surface area contributed by atoms with Crippen LogP contribution in [0.1, 0.15) is 0 Å². The molecule has 0 atom stereocenters. The van der Waals surface area contributed by atoms with Crippen molar-refractivity contribution in [3.05, 3.63) is 42.6 Å². The molecule has 0 bridgehead atoms. The molecule has 0 spiro atoms. The van der Waals surface area contributed by atoms with Crippen LogP contribution in [0.15, 0.2) is 47.8 Å². The Labute approximate surface area is 103 Å². The average Bonchev–Trinajstić information content (AvgIpc) is 2.38. The van der Waals surface area contributed by atoms with Gasteiger partial charge in [-0.2, -0.15) is 0 Å². The molecule has 1 heterocycles. The van der Waals surface area contributed by atoms with Gasteiger partial charge in [-0.1, -0.05) is 42.1 Å². The van der Waals surface area contributed by atoms with E-state index in [1.807, 2.05) is 30.3 Å². The van der Waals surface area contributed by atoms with Gasteiger partial charge in [0.25, 0.3) is 0 Å². The van der Waals surface area contributed by atoms with Crippen molar-refractivity contribution < 1.29 is 9.90 Å². The van der Waals surface area contributed by atoms with Gasteiger partial charge in [0.15, 0.2) is 5.16 Å². The minimum Gasteiger partial charge on any atom is -0.481 e. The number of aliphatic carboxylic acids is 1. The molecular formula is C12H10N2O2S. The van der Waals surface area contributed by atoms with Crippen LogP contribution >= 0.6 is 11.8 Å². The van der Waals surface area contributed by atoms with E-state index in [9.17, 15) is 4.79 Å². The Morgan fingerprint density at radius 1 is 1.24 bits per heavy atom. The minimum atomic E-state index is -0.872. The maximum atomic E-state index is 10.5. The third-order valence-corrected chi connectivity index (χ3v) is 2.87. The number of hydrogen-bond acceptors (Lipinski definition) is 4. The lowest BCUT2D eigenvalue weighted by atomic mass is 10.1. The summed E-state index contributed by atoms with van der Waals surface area (Å²) < 4.78 is 0. The fourth-order valence-electron chi connectivity index (χ4n) is 1.31. The third kappa shape index (κ3) is 3.29. The molecule has 0 radical (unpaired) electrons. The summed E-state index contributed by atoms with van der Waals surface area (Å²) in [4.78, 5) is 18.8. The lowest BCUT2D eigenvalue weighted by Crippen LogP contribution is -1.99. The number of benzene rings is 1. The lowest BCUT2D eigenvalue weighted by molar-refractivity contribution is -0.133. The van der Waals surface area contributed by atoms with Crippen LogP contribution in [0, 0.1) is 0 Å². The van der Waals surface area contributed by atoms with Crippen LogP contribution < -0.4 is 0 Å². The molecule has 4 nitrogen and oxygen atoms in total. The Kier molecular flexibility index (Phi) is 3.72. The second-order valence-electron chi connectivity index (χ2n) is 3.27. The van der Waals surface area contributed by atoms with Crippen LogP contribution in [0.5, 0.6) is 0 Å². The first-order valence-electron chi connectivity index (χ1n) is 4.99. The van der Waals surface area contributed by atoms with Crippen molar-refractivity contribution in [2.45, 2.75) is 5.16 Å². The van der Waals surface area contributed by atoms with Gasteiger partial charge in [0.05, 0.1) is 11.4 Å². The van der Waals surface area contributed by atoms with Gasteiger partial charge < -0.3 is 5.11 Å². The zero-order valence-electron chi connectivity index (χ0n) is 8.91. The highest BCUT2D eigenvalue weighted by molar-refractivity contribution is 7.99. The largest absolute Gasteiger partial charge is 0.481 e. The molecule has 0 aliphatic rings. The Bertz CT molecular complexity index is 517. The SMILES string of the molecule is O=C(O)CSc1nccc(-c2ccccc2)n1. The van der Waals surface area contributed by atoms with E-state index in [1.165, 1.54) is 0 Å². The van der Waals surface area contributed by atoms with Gasteiger partial charge in [0, 0.05) is 11.8 Å². The molecule has 2 aromatic rings. The van der Waals surface area contributed by atoms with E-state index in [0.29, 0.717) is 5.16 Å². The number of rotatable bonds is 4. The molecule has 0 unspecified atom stereocenters. The summed E-state index contributed by atoms with van der Waals surface area (Å²) in [5.74, 6) is -0.901. The fraction of sp³-hybridized carbons (Fsp3) is 0.0833. The van der Waals surface area contributed by atoms with Crippen molar-refractivity contribution >= 4 is 17.7 Å². The molecule has 0 aliphatic heterocycles. The van der Waals surface area contributed by atoms with Crippen molar-refractivity contribution in [2.24, 2.45) is 0 Å². The van der Waals surface area contributed by atoms with Crippen molar-refractivity contribution in [1.82, 2.24) is 9.97 Å². The van der Waals surface area contributed by atoms with E-state index in [2.05, 4.69) is 9.97 Å². The maximum Gasteiger partial charge on any atom is 0.313 e. The van der Waals surface area contributed by atoms with Crippen molar-refractivity contribution in [1.29, 1.82) is 0 Å². The van der Waals surface area contributed by atoms with E-state index < -0.39 is 5.97 Å². The molecule has 5 heteroatoms. The Balaban J connectivity index is 2.20. The van der Waals surface area contributed by atoms with E-state index in [4.69, 9.17) is 5.11 Å². The highest BCUT2D eigenvalue weighted by atomic mass is 32.2. The van der Waals surface area contributed by atoms with Crippen molar-refractivity contribution in [3.63, 3.8) is 0 Å². The quantitative estimate of drug-likeness (QED) is 0.662. The molecule has 1 aromatic heterocycles. The molecular weight excluding hydrogens is 236 g/mol. The van der Waals surface area contributed by atoms with Crippen LogP contribution in [-0.4, -0.2) is 26.8 Å². The first kappa shape index (κ1) is 11.6. The molecule has 1 aromatic carbocycles. The Morgan fingerprint density at radius 3 is 2.71 bits per heavy atom. The smallest absolute Gasteiger partial charge is 0.313 e. The molecule has 2 rings (SSSR count). The normalized spacial score (nSPS) is 10.1. The summed E-state index contributed by atoms with van der Waals surface area (Å²) in [6.45, 7) is 0. The number of carbonyl (C=O) groups is 1. The standard InChI is InChI=1S/C12H10N2O2S/c15-11(16)8-17-12-13-7-6-10(14-12)9-4-2-1-3-5-9/h1-7H,8H2,(H,15,16). The van der Waals surface area contributed by atoms with Gasteiger partial charge in [-0.25, -0.2) is 9.97 Å². The zero-order valence-corrected chi connectivity index (χ0v) is 9.72. The van der Waals surface area contributed by atoms with Crippen molar-refractivity contribution in [3.8, 4) is 11.3 Å². The molecule has 17 heavy (non-hydrogen) atoms. The summed E-state index contributed by atoms with van der Waals surface area (Å²) in [6, 6.07) is 11.5. The molecule has 0 saturated heterocycles. The Hall–Kier alpha value is -1.88. The monoisotopic (exact) mass is 246 g/mol. The van der Waals surface area contributed by atoms with E-state index in [1.54, 1.807) is 12.3 Å². The van der Waals surface area contributed by atoms with E-state index >= 15 is 0 Å². The average molecular weight is 246 g/mol. The predicted octanol–water partition coefficient (Wildman–Crippen LogP) is 2.32. The molecule has 86 valence electrons. The van der Waals surface area contributed by atoms with Crippen LogP contribution in [0.4, 0.5) is 0 Å². The lowest BCUT2D eigenvalue weighted by Gasteiger charge is -2.02. The van der Waals surface area contributed by atoms with Gasteiger partial charge in [0.1, 0.15) is 0 Å².